The Hall–Kier alpha value is -2.62. The lowest BCUT2D eigenvalue weighted by Crippen LogP contribution is -2.16. The molecular formula is C18H8Cl3F3O6. The van der Waals surface area contributed by atoms with Gasteiger partial charge in [0, 0.05) is 11.1 Å². The summed E-state index contributed by atoms with van der Waals surface area (Å²) in [5.41, 5.74) is -1.65. The summed E-state index contributed by atoms with van der Waals surface area (Å²) in [6.07, 6.45) is -5.12. The SMILES string of the molecule is O=C(O)COc1ccc2c(=O)c(Oc3c(Cl)cc(Cl)cc3Cl)c(C(F)(F)F)oc2c1. The number of fused-ring (bicyclic) bond motifs is 1. The van der Waals surface area contributed by atoms with Gasteiger partial charge < -0.3 is 19.0 Å². The van der Waals surface area contributed by atoms with E-state index < -0.39 is 47.0 Å². The van der Waals surface area contributed by atoms with Gasteiger partial charge in [0.1, 0.15) is 11.3 Å². The number of ether oxygens (including phenoxy) is 2. The zero-order valence-corrected chi connectivity index (χ0v) is 16.6. The highest BCUT2D eigenvalue weighted by Crippen LogP contribution is 2.43. The van der Waals surface area contributed by atoms with Crippen LogP contribution >= 0.6 is 34.8 Å². The van der Waals surface area contributed by atoms with Gasteiger partial charge in [-0.25, -0.2) is 4.79 Å². The number of alkyl halides is 3. The van der Waals surface area contributed by atoms with Crippen molar-refractivity contribution in [1.82, 2.24) is 0 Å². The fraction of sp³-hybridized carbons (Fsp3) is 0.111. The van der Waals surface area contributed by atoms with Crippen molar-refractivity contribution in [3.8, 4) is 17.2 Å². The van der Waals surface area contributed by atoms with E-state index in [0.29, 0.717) is 0 Å². The standard InChI is InChI=1S/C18H8Cl3F3O6/c19-7-3-10(20)15(11(21)4-7)30-16-14(27)9-2-1-8(28-6-13(25)26)5-12(9)29-17(16)18(22,23)24/h1-5H,6H2,(H,25,26). The fourth-order valence-corrected chi connectivity index (χ4v) is 3.29. The highest BCUT2D eigenvalue weighted by atomic mass is 35.5. The van der Waals surface area contributed by atoms with E-state index in [0.717, 1.165) is 12.1 Å². The summed E-state index contributed by atoms with van der Waals surface area (Å²) >= 11 is 17.6. The molecule has 0 saturated heterocycles. The summed E-state index contributed by atoms with van der Waals surface area (Å²) in [5, 5.41) is 8.01. The first-order chi connectivity index (χ1) is 14.0. The van der Waals surface area contributed by atoms with Gasteiger partial charge in [0.05, 0.1) is 15.4 Å². The summed E-state index contributed by atoms with van der Waals surface area (Å²) < 4.78 is 55.6. The zero-order valence-electron chi connectivity index (χ0n) is 14.4. The topological polar surface area (TPSA) is 86.0 Å². The van der Waals surface area contributed by atoms with Gasteiger partial charge in [-0.2, -0.15) is 13.2 Å². The molecule has 2 aromatic carbocycles. The van der Waals surface area contributed by atoms with Crippen LogP contribution in [0.25, 0.3) is 11.0 Å². The molecule has 1 heterocycles. The highest BCUT2D eigenvalue weighted by molar-refractivity contribution is 6.40. The number of benzene rings is 2. The summed E-state index contributed by atoms with van der Waals surface area (Å²) in [5.74, 6) is -4.74. The zero-order chi connectivity index (χ0) is 22.2. The molecule has 30 heavy (non-hydrogen) atoms. The van der Waals surface area contributed by atoms with Crippen molar-refractivity contribution in [2.24, 2.45) is 0 Å². The van der Waals surface area contributed by atoms with Crippen LogP contribution in [0.1, 0.15) is 5.76 Å². The lowest BCUT2D eigenvalue weighted by atomic mass is 10.2. The molecule has 0 amide bonds. The van der Waals surface area contributed by atoms with E-state index in [2.05, 4.69) is 0 Å². The molecule has 0 spiro atoms. The molecule has 3 aromatic rings. The summed E-state index contributed by atoms with van der Waals surface area (Å²) in [4.78, 5) is 23.3. The first kappa shape index (κ1) is 22.1. The van der Waals surface area contributed by atoms with E-state index in [1.54, 1.807) is 0 Å². The Balaban J connectivity index is 2.18. The molecule has 0 aliphatic heterocycles. The van der Waals surface area contributed by atoms with Crippen molar-refractivity contribution in [2.45, 2.75) is 6.18 Å². The van der Waals surface area contributed by atoms with Crippen LogP contribution in [0.3, 0.4) is 0 Å². The predicted octanol–water partition coefficient (Wildman–Crippen LogP) is 6.03. The molecule has 1 aromatic heterocycles. The smallest absolute Gasteiger partial charge is 0.453 e. The van der Waals surface area contributed by atoms with Crippen LogP contribution in [0.15, 0.2) is 39.5 Å². The minimum atomic E-state index is -5.12. The van der Waals surface area contributed by atoms with E-state index >= 15 is 0 Å². The third-order valence-electron chi connectivity index (χ3n) is 3.61. The van der Waals surface area contributed by atoms with E-state index in [4.69, 9.17) is 53.8 Å². The normalized spacial score (nSPS) is 11.5. The second kappa shape index (κ2) is 8.25. The molecule has 0 unspecified atom stereocenters. The number of aliphatic carboxylic acids is 1. The Morgan fingerprint density at radius 1 is 1.07 bits per heavy atom. The summed E-state index contributed by atoms with van der Waals surface area (Å²) in [6.45, 7) is -0.739. The molecule has 0 bridgehead atoms. The molecule has 0 aliphatic carbocycles. The second-order valence-corrected chi connectivity index (χ2v) is 6.98. The molecule has 0 radical (unpaired) electrons. The van der Waals surface area contributed by atoms with Crippen LogP contribution < -0.4 is 14.9 Å². The number of hydrogen-bond acceptors (Lipinski definition) is 5. The van der Waals surface area contributed by atoms with Crippen LogP contribution in [0, 0.1) is 0 Å². The van der Waals surface area contributed by atoms with Crippen molar-refractivity contribution in [2.75, 3.05) is 6.61 Å². The molecule has 0 saturated carbocycles. The lowest BCUT2D eigenvalue weighted by molar-refractivity contribution is -0.154. The maximum Gasteiger partial charge on any atom is 0.453 e. The highest BCUT2D eigenvalue weighted by Gasteiger charge is 2.41. The quantitative estimate of drug-likeness (QED) is 0.477. The third-order valence-corrected chi connectivity index (χ3v) is 4.39. The molecule has 1 N–H and O–H groups in total. The maximum atomic E-state index is 13.6. The average molecular weight is 484 g/mol. The Morgan fingerprint density at radius 3 is 2.27 bits per heavy atom. The number of carboxylic acids is 1. The molecule has 3 rings (SSSR count). The third kappa shape index (κ3) is 4.58. The first-order valence-electron chi connectivity index (χ1n) is 7.82. The minimum Gasteiger partial charge on any atom is -0.482 e. The number of hydrogen-bond donors (Lipinski definition) is 1. The van der Waals surface area contributed by atoms with Crippen molar-refractivity contribution < 1.29 is 37.0 Å². The van der Waals surface area contributed by atoms with E-state index in [1.807, 2.05) is 0 Å². The Bertz CT molecular complexity index is 1180. The number of rotatable bonds is 5. The van der Waals surface area contributed by atoms with Crippen LogP contribution in [-0.4, -0.2) is 17.7 Å². The van der Waals surface area contributed by atoms with Gasteiger partial charge in [0.25, 0.3) is 5.76 Å². The lowest BCUT2D eigenvalue weighted by Gasteiger charge is -2.15. The Kier molecular flexibility index (Phi) is 6.07. The number of halogens is 6. The predicted molar refractivity (Wildman–Crippen MR) is 102 cm³/mol. The minimum absolute atomic E-state index is 0.104. The number of carbonyl (C=O) groups is 1. The van der Waals surface area contributed by atoms with E-state index in [1.165, 1.54) is 18.2 Å². The molecule has 0 fully saturated rings. The van der Waals surface area contributed by atoms with Gasteiger partial charge in [-0.3, -0.25) is 4.79 Å². The van der Waals surface area contributed by atoms with Crippen LogP contribution in [-0.2, 0) is 11.0 Å². The molecule has 12 heteroatoms. The van der Waals surface area contributed by atoms with E-state index in [9.17, 15) is 22.8 Å². The summed E-state index contributed by atoms with van der Waals surface area (Å²) in [6, 6.07) is 5.61. The van der Waals surface area contributed by atoms with Crippen LogP contribution in [0.2, 0.25) is 15.1 Å². The van der Waals surface area contributed by atoms with Crippen LogP contribution in [0.4, 0.5) is 13.2 Å². The van der Waals surface area contributed by atoms with Crippen molar-refractivity contribution in [3.63, 3.8) is 0 Å². The summed E-state index contributed by atoms with van der Waals surface area (Å²) in [7, 11) is 0. The first-order valence-corrected chi connectivity index (χ1v) is 8.96. The van der Waals surface area contributed by atoms with Gasteiger partial charge in [0.2, 0.25) is 11.2 Å². The fourth-order valence-electron chi connectivity index (χ4n) is 2.40. The van der Waals surface area contributed by atoms with Gasteiger partial charge in [-0.15, -0.1) is 0 Å². The van der Waals surface area contributed by atoms with Gasteiger partial charge in [-0.1, -0.05) is 34.8 Å². The van der Waals surface area contributed by atoms with Gasteiger partial charge >= 0.3 is 12.1 Å². The second-order valence-electron chi connectivity index (χ2n) is 5.73. The average Bonchev–Trinajstić information content (AvgIpc) is 2.63. The number of carboxylic acid groups (broad SMARTS) is 1. The Labute approximate surface area is 180 Å². The molecular weight excluding hydrogens is 476 g/mol. The van der Waals surface area contributed by atoms with Gasteiger partial charge in [-0.05, 0) is 24.3 Å². The van der Waals surface area contributed by atoms with Crippen LogP contribution in [0.5, 0.6) is 17.2 Å². The Morgan fingerprint density at radius 2 is 1.70 bits per heavy atom. The molecule has 0 atom stereocenters. The molecule has 6 nitrogen and oxygen atoms in total. The molecule has 158 valence electrons. The van der Waals surface area contributed by atoms with Crippen molar-refractivity contribution >= 4 is 51.7 Å². The monoisotopic (exact) mass is 482 g/mol. The largest absolute Gasteiger partial charge is 0.482 e. The van der Waals surface area contributed by atoms with Crippen molar-refractivity contribution in [3.05, 3.63) is 61.4 Å². The molecule has 0 aliphatic rings. The van der Waals surface area contributed by atoms with Crippen molar-refractivity contribution in [1.29, 1.82) is 0 Å². The maximum absolute atomic E-state index is 13.6. The van der Waals surface area contributed by atoms with Gasteiger partial charge in [0.15, 0.2) is 12.4 Å². The van der Waals surface area contributed by atoms with E-state index in [-0.39, 0.29) is 26.2 Å².